The van der Waals surface area contributed by atoms with Crippen LogP contribution in [0.5, 0.6) is 0 Å². The summed E-state index contributed by atoms with van der Waals surface area (Å²) in [6, 6.07) is 8.49. The van der Waals surface area contributed by atoms with E-state index in [0.717, 1.165) is 34.9 Å². The van der Waals surface area contributed by atoms with E-state index in [9.17, 15) is 13.6 Å². The highest BCUT2D eigenvalue weighted by atomic mass is 19.1. The smallest absolute Gasteiger partial charge is 0.254 e. The molecule has 4 heteroatoms. The van der Waals surface area contributed by atoms with Crippen molar-refractivity contribution < 1.29 is 13.6 Å². The molecule has 21 heavy (non-hydrogen) atoms. The zero-order valence-electron chi connectivity index (χ0n) is 12.2. The molecule has 0 spiro atoms. The average Bonchev–Trinajstić information content (AvgIpc) is 2.40. The Hall–Kier alpha value is -2.23. The Balaban J connectivity index is 2.20. The van der Waals surface area contributed by atoms with Gasteiger partial charge in [0.25, 0.3) is 5.91 Å². The van der Waals surface area contributed by atoms with Gasteiger partial charge >= 0.3 is 0 Å². The van der Waals surface area contributed by atoms with Gasteiger partial charge in [-0.15, -0.1) is 0 Å². The highest BCUT2D eigenvalue weighted by molar-refractivity contribution is 5.94. The van der Waals surface area contributed by atoms with Crippen LogP contribution in [0, 0.1) is 25.5 Å². The first kappa shape index (κ1) is 15.2. The lowest BCUT2D eigenvalue weighted by atomic mass is 10.0. The summed E-state index contributed by atoms with van der Waals surface area (Å²) in [5.74, 6) is -2.00. The summed E-state index contributed by atoms with van der Waals surface area (Å²) in [7, 11) is 0. The summed E-state index contributed by atoms with van der Waals surface area (Å²) in [5, 5.41) is 2.69. The molecule has 2 aromatic rings. The molecule has 0 saturated heterocycles. The van der Waals surface area contributed by atoms with Gasteiger partial charge in [-0.2, -0.15) is 0 Å². The van der Waals surface area contributed by atoms with Crippen LogP contribution < -0.4 is 5.32 Å². The number of carbonyl (C=O) groups is 1. The van der Waals surface area contributed by atoms with Gasteiger partial charge in [-0.05, 0) is 44.5 Å². The van der Waals surface area contributed by atoms with E-state index in [1.165, 1.54) is 0 Å². The summed E-state index contributed by atoms with van der Waals surface area (Å²) >= 11 is 0. The third-order valence-electron chi connectivity index (χ3n) is 3.26. The second-order valence-corrected chi connectivity index (χ2v) is 5.24. The van der Waals surface area contributed by atoms with Crippen molar-refractivity contribution in [3.05, 3.63) is 70.3 Å². The van der Waals surface area contributed by atoms with Crippen LogP contribution in [0.25, 0.3) is 0 Å². The van der Waals surface area contributed by atoms with Gasteiger partial charge in [0.1, 0.15) is 11.6 Å². The minimum absolute atomic E-state index is 0.286. The minimum atomic E-state index is -0.735. The van der Waals surface area contributed by atoms with Crippen LogP contribution in [0.3, 0.4) is 0 Å². The second kappa shape index (κ2) is 6.04. The van der Waals surface area contributed by atoms with Crippen LogP contribution in [0.1, 0.15) is 40.0 Å². The molecule has 2 aromatic carbocycles. The number of hydrogen-bond donors (Lipinski definition) is 1. The number of benzene rings is 2. The largest absolute Gasteiger partial charge is 0.345 e. The van der Waals surface area contributed by atoms with E-state index < -0.39 is 17.5 Å². The van der Waals surface area contributed by atoms with Crippen molar-refractivity contribution in [2.24, 2.45) is 0 Å². The highest BCUT2D eigenvalue weighted by Crippen LogP contribution is 2.18. The van der Waals surface area contributed by atoms with Crippen molar-refractivity contribution in [2.75, 3.05) is 0 Å². The molecule has 0 fully saturated rings. The fraction of sp³-hybridized carbons (Fsp3) is 0.235. The lowest BCUT2D eigenvalue weighted by molar-refractivity contribution is 0.0935. The predicted octanol–water partition coefficient (Wildman–Crippen LogP) is 4.07. The third-order valence-corrected chi connectivity index (χ3v) is 3.26. The van der Waals surface area contributed by atoms with Gasteiger partial charge in [-0.25, -0.2) is 8.78 Å². The first-order valence-corrected chi connectivity index (χ1v) is 6.71. The lowest BCUT2D eigenvalue weighted by Crippen LogP contribution is -2.27. The Bertz CT molecular complexity index is 662. The molecule has 0 heterocycles. The molecular weight excluding hydrogens is 272 g/mol. The fourth-order valence-corrected chi connectivity index (χ4v) is 2.29. The summed E-state index contributed by atoms with van der Waals surface area (Å²) in [6.45, 7) is 5.75. The summed E-state index contributed by atoms with van der Waals surface area (Å²) in [6.07, 6.45) is 0. The average molecular weight is 289 g/mol. The van der Waals surface area contributed by atoms with Crippen LogP contribution in [0.4, 0.5) is 8.78 Å². The van der Waals surface area contributed by atoms with E-state index in [1.807, 2.05) is 39.0 Å². The number of rotatable bonds is 3. The van der Waals surface area contributed by atoms with Gasteiger partial charge in [0.2, 0.25) is 0 Å². The van der Waals surface area contributed by atoms with Crippen LogP contribution in [-0.2, 0) is 0 Å². The van der Waals surface area contributed by atoms with Gasteiger partial charge < -0.3 is 5.32 Å². The maximum Gasteiger partial charge on any atom is 0.254 e. The number of carbonyl (C=O) groups excluding carboxylic acids is 1. The zero-order valence-corrected chi connectivity index (χ0v) is 12.2. The summed E-state index contributed by atoms with van der Waals surface area (Å²) < 4.78 is 26.7. The third kappa shape index (κ3) is 3.66. The van der Waals surface area contributed by atoms with Crippen molar-refractivity contribution in [3.8, 4) is 0 Å². The van der Waals surface area contributed by atoms with Gasteiger partial charge in [0, 0.05) is 0 Å². The van der Waals surface area contributed by atoms with E-state index in [0.29, 0.717) is 0 Å². The van der Waals surface area contributed by atoms with Gasteiger partial charge in [0.15, 0.2) is 0 Å². The molecule has 0 saturated carbocycles. The van der Waals surface area contributed by atoms with Crippen molar-refractivity contribution in [1.29, 1.82) is 0 Å². The van der Waals surface area contributed by atoms with Crippen LogP contribution in [0.15, 0.2) is 36.4 Å². The number of hydrogen-bond acceptors (Lipinski definition) is 1. The van der Waals surface area contributed by atoms with Crippen molar-refractivity contribution in [3.63, 3.8) is 0 Å². The Morgan fingerprint density at radius 1 is 1.05 bits per heavy atom. The highest BCUT2D eigenvalue weighted by Gasteiger charge is 2.16. The van der Waals surface area contributed by atoms with Crippen molar-refractivity contribution in [1.82, 2.24) is 5.32 Å². The standard InChI is InChI=1S/C17H17F2NO/c1-10-6-11(2)8-13(7-10)12(3)20-17(21)15-9-14(18)4-5-16(15)19/h4-9,12H,1-3H3,(H,20,21). The zero-order chi connectivity index (χ0) is 15.6. The maximum absolute atomic E-state index is 13.6. The van der Waals surface area contributed by atoms with E-state index >= 15 is 0 Å². The molecule has 0 aliphatic rings. The molecule has 110 valence electrons. The molecule has 0 aromatic heterocycles. The summed E-state index contributed by atoms with van der Waals surface area (Å²) in [5.41, 5.74) is 2.81. The number of amides is 1. The molecule has 1 amide bonds. The molecule has 0 aliphatic carbocycles. The Kier molecular flexibility index (Phi) is 4.36. The molecule has 0 bridgehead atoms. The first-order valence-electron chi connectivity index (χ1n) is 6.71. The molecule has 1 unspecified atom stereocenters. The van der Waals surface area contributed by atoms with E-state index in [-0.39, 0.29) is 11.6 Å². The van der Waals surface area contributed by atoms with Crippen LogP contribution in [-0.4, -0.2) is 5.91 Å². The monoisotopic (exact) mass is 289 g/mol. The van der Waals surface area contributed by atoms with Gasteiger partial charge in [-0.3, -0.25) is 4.79 Å². The number of halogens is 2. The molecule has 2 nitrogen and oxygen atoms in total. The maximum atomic E-state index is 13.6. The van der Waals surface area contributed by atoms with Crippen molar-refractivity contribution >= 4 is 5.91 Å². The molecule has 2 rings (SSSR count). The van der Waals surface area contributed by atoms with E-state index in [1.54, 1.807) is 0 Å². The van der Waals surface area contributed by atoms with E-state index in [2.05, 4.69) is 5.32 Å². The topological polar surface area (TPSA) is 29.1 Å². The number of aryl methyl sites for hydroxylation is 2. The minimum Gasteiger partial charge on any atom is -0.345 e. The SMILES string of the molecule is Cc1cc(C)cc(C(C)NC(=O)c2cc(F)ccc2F)c1. The second-order valence-electron chi connectivity index (χ2n) is 5.24. The van der Waals surface area contributed by atoms with Crippen LogP contribution in [0.2, 0.25) is 0 Å². The van der Waals surface area contributed by atoms with E-state index in [4.69, 9.17) is 0 Å². The Labute approximate surface area is 122 Å². The Morgan fingerprint density at radius 2 is 1.67 bits per heavy atom. The lowest BCUT2D eigenvalue weighted by Gasteiger charge is -2.16. The Morgan fingerprint density at radius 3 is 2.29 bits per heavy atom. The molecule has 0 radical (unpaired) electrons. The molecule has 0 aliphatic heterocycles. The molecule has 1 atom stereocenters. The molecular formula is C17H17F2NO. The normalized spacial score (nSPS) is 12.0. The van der Waals surface area contributed by atoms with Crippen molar-refractivity contribution in [2.45, 2.75) is 26.8 Å². The van der Waals surface area contributed by atoms with Crippen LogP contribution >= 0.6 is 0 Å². The first-order chi connectivity index (χ1) is 9.86. The van der Waals surface area contributed by atoms with Gasteiger partial charge in [-0.1, -0.05) is 29.3 Å². The van der Waals surface area contributed by atoms with Gasteiger partial charge in [0.05, 0.1) is 11.6 Å². The number of nitrogens with one attached hydrogen (secondary N) is 1. The quantitative estimate of drug-likeness (QED) is 0.906. The summed E-state index contributed by atoms with van der Waals surface area (Å²) in [4.78, 5) is 12.1. The fourth-order valence-electron chi connectivity index (χ4n) is 2.29. The molecule has 1 N–H and O–H groups in total. The predicted molar refractivity (Wildman–Crippen MR) is 78.2 cm³/mol.